The van der Waals surface area contributed by atoms with E-state index in [9.17, 15) is 13.5 Å². The summed E-state index contributed by atoms with van der Waals surface area (Å²) in [7, 11) is -2.19. The third kappa shape index (κ3) is 2.84. The van der Waals surface area contributed by atoms with Crippen LogP contribution in [0, 0.1) is 6.92 Å². The number of hydrogen-bond donors (Lipinski definition) is 1. The van der Waals surface area contributed by atoms with Crippen LogP contribution in [0.3, 0.4) is 0 Å². The highest BCUT2D eigenvalue weighted by molar-refractivity contribution is 7.89. The van der Waals surface area contributed by atoms with Gasteiger partial charge in [-0.2, -0.15) is 4.31 Å². The Labute approximate surface area is 119 Å². The first kappa shape index (κ1) is 14.6. The lowest BCUT2D eigenvalue weighted by Crippen LogP contribution is -2.26. The maximum atomic E-state index is 12.4. The van der Waals surface area contributed by atoms with Gasteiger partial charge in [0.05, 0.1) is 0 Å². The number of sulfonamides is 1. The molecule has 0 aliphatic heterocycles. The van der Waals surface area contributed by atoms with Gasteiger partial charge in [0.15, 0.2) is 0 Å². The molecule has 4 nitrogen and oxygen atoms in total. The van der Waals surface area contributed by atoms with E-state index >= 15 is 0 Å². The molecule has 0 aliphatic rings. The Morgan fingerprint density at radius 2 is 1.65 bits per heavy atom. The largest absolute Gasteiger partial charge is 0.507 e. The lowest BCUT2D eigenvalue weighted by atomic mass is 10.1. The molecule has 0 saturated heterocycles. The van der Waals surface area contributed by atoms with E-state index in [4.69, 9.17) is 0 Å². The molecule has 0 unspecified atom stereocenters. The number of phenols is 1. The zero-order valence-corrected chi connectivity index (χ0v) is 12.3. The number of hydrogen-bond acceptors (Lipinski definition) is 3. The minimum Gasteiger partial charge on any atom is -0.507 e. The van der Waals surface area contributed by atoms with Gasteiger partial charge in [-0.05, 0) is 30.2 Å². The van der Waals surface area contributed by atoms with E-state index in [-0.39, 0.29) is 17.2 Å². The van der Waals surface area contributed by atoms with Crippen molar-refractivity contribution in [3.8, 4) is 5.75 Å². The number of nitrogens with zero attached hydrogens (tertiary/aromatic N) is 1. The van der Waals surface area contributed by atoms with Gasteiger partial charge in [0.25, 0.3) is 0 Å². The molecule has 2 rings (SSSR count). The van der Waals surface area contributed by atoms with Gasteiger partial charge in [0.1, 0.15) is 10.6 Å². The maximum Gasteiger partial charge on any atom is 0.246 e. The van der Waals surface area contributed by atoms with Crippen LogP contribution in [0.4, 0.5) is 0 Å². The quantitative estimate of drug-likeness (QED) is 0.941. The summed E-state index contributed by atoms with van der Waals surface area (Å²) in [5, 5.41) is 9.71. The van der Waals surface area contributed by atoms with Gasteiger partial charge in [-0.25, -0.2) is 8.42 Å². The average Bonchev–Trinajstić information content (AvgIpc) is 2.41. The predicted molar refractivity (Wildman–Crippen MR) is 77.9 cm³/mol. The summed E-state index contributed by atoms with van der Waals surface area (Å²) in [5.41, 5.74) is 1.97. The Morgan fingerprint density at radius 1 is 1.05 bits per heavy atom. The molecular formula is C15H17NO3S. The van der Waals surface area contributed by atoms with Crippen molar-refractivity contribution in [1.82, 2.24) is 4.31 Å². The first-order chi connectivity index (χ1) is 9.43. The Kier molecular flexibility index (Phi) is 4.11. The average molecular weight is 291 g/mol. The van der Waals surface area contributed by atoms with Crippen molar-refractivity contribution in [1.29, 1.82) is 0 Å². The van der Waals surface area contributed by atoms with Crippen LogP contribution in [-0.4, -0.2) is 24.9 Å². The molecular weight excluding hydrogens is 274 g/mol. The fraction of sp³-hybridized carbons (Fsp3) is 0.200. The predicted octanol–water partition coefficient (Wildman–Crippen LogP) is 2.52. The van der Waals surface area contributed by atoms with Crippen LogP contribution in [0.15, 0.2) is 53.4 Å². The topological polar surface area (TPSA) is 57.6 Å². The van der Waals surface area contributed by atoms with Crippen LogP contribution in [0.25, 0.3) is 0 Å². The summed E-state index contributed by atoms with van der Waals surface area (Å²) in [6.45, 7) is 2.21. The van der Waals surface area contributed by atoms with Crippen LogP contribution < -0.4 is 0 Å². The first-order valence-corrected chi connectivity index (χ1v) is 7.66. The van der Waals surface area contributed by atoms with E-state index in [1.165, 1.54) is 23.5 Å². The SMILES string of the molecule is Cc1ccccc1CN(C)S(=O)(=O)c1ccccc1O. The molecule has 0 aliphatic carbocycles. The Bertz CT molecular complexity index is 711. The number of rotatable bonds is 4. The number of aromatic hydroxyl groups is 1. The van der Waals surface area contributed by atoms with E-state index < -0.39 is 10.0 Å². The van der Waals surface area contributed by atoms with Gasteiger partial charge >= 0.3 is 0 Å². The molecule has 0 radical (unpaired) electrons. The molecule has 0 aromatic heterocycles. The molecule has 0 saturated carbocycles. The minimum absolute atomic E-state index is 0.0731. The number of phenolic OH excluding ortho intramolecular Hbond substituents is 1. The normalized spacial score (nSPS) is 11.8. The fourth-order valence-corrected chi connectivity index (χ4v) is 3.18. The van der Waals surface area contributed by atoms with Crippen LogP contribution in [0.1, 0.15) is 11.1 Å². The fourth-order valence-electron chi connectivity index (χ4n) is 1.96. The van der Waals surface area contributed by atoms with Crippen LogP contribution >= 0.6 is 0 Å². The number of aryl methyl sites for hydroxylation is 1. The molecule has 0 amide bonds. The molecule has 0 fully saturated rings. The van der Waals surface area contributed by atoms with E-state index in [1.807, 2.05) is 31.2 Å². The zero-order chi connectivity index (χ0) is 14.8. The second-order valence-electron chi connectivity index (χ2n) is 4.66. The Balaban J connectivity index is 2.31. The standard InChI is InChI=1S/C15H17NO3S/c1-12-7-3-4-8-13(12)11-16(2)20(18,19)15-10-6-5-9-14(15)17/h3-10,17H,11H2,1-2H3. The zero-order valence-electron chi connectivity index (χ0n) is 11.4. The molecule has 1 N–H and O–H groups in total. The third-order valence-electron chi connectivity index (χ3n) is 3.21. The summed E-state index contributed by atoms with van der Waals surface area (Å²) in [6, 6.07) is 13.6. The summed E-state index contributed by atoms with van der Waals surface area (Å²) in [4.78, 5) is -0.0731. The van der Waals surface area contributed by atoms with Crippen molar-refractivity contribution in [2.75, 3.05) is 7.05 Å². The van der Waals surface area contributed by atoms with E-state index in [0.717, 1.165) is 11.1 Å². The van der Waals surface area contributed by atoms with E-state index in [0.29, 0.717) is 0 Å². The van der Waals surface area contributed by atoms with Gasteiger partial charge < -0.3 is 5.11 Å². The van der Waals surface area contributed by atoms with Crippen LogP contribution in [0.5, 0.6) is 5.75 Å². The van der Waals surface area contributed by atoms with Crippen molar-refractivity contribution < 1.29 is 13.5 Å². The van der Waals surface area contributed by atoms with Crippen molar-refractivity contribution in [2.45, 2.75) is 18.4 Å². The second kappa shape index (κ2) is 5.64. The lowest BCUT2D eigenvalue weighted by molar-refractivity contribution is 0.439. The molecule has 2 aromatic rings. The van der Waals surface area contributed by atoms with Crippen LogP contribution in [0.2, 0.25) is 0 Å². The highest BCUT2D eigenvalue weighted by atomic mass is 32.2. The van der Waals surface area contributed by atoms with Crippen molar-refractivity contribution in [2.24, 2.45) is 0 Å². The van der Waals surface area contributed by atoms with Gasteiger partial charge in [-0.3, -0.25) is 0 Å². The van der Waals surface area contributed by atoms with Gasteiger partial charge in [0.2, 0.25) is 10.0 Å². The monoisotopic (exact) mass is 291 g/mol. The Hall–Kier alpha value is -1.85. The molecule has 106 valence electrons. The number of benzene rings is 2. The number of para-hydroxylation sites is 1. The smallest absolute Gasteiger partial charge is 0.246 e. The van der Waals surface area contributed by atoms with Gasteiger partial charge in [0, 0.05) is 13.6 Å². The highest BCUT2D eigenvalue weighted by Gasteiger charge is 2.24. The summed E-state index contributed by atoms with van der Waals surface area (Å²) >= 11 is 0. The summed E-state index contributed by atoms with van der Waals surface area (Å²) in [5.74, 6) is -0.232. The van der Waals surface area contributed by atoms with Gasteiger partial charge in [-0.1, -0.05) is 36.4 Å². The van der Waals surface area contributed by atoms with Crippen molar-refractivity contribution >= 4 is 10.0 Å². The molecule has 0 atom stereocenters. The minimum atomic E-state index is -3.70. The summed E-state index contributed by atoms with van der Waals surface area (Å²) < 4.78 is 26.1. The Morgan fingerprint density at radius 3 is 2.30 bits per heavy atom. The van der Waals surface area contributed by atoms with Crippen molar-refractivity contribution in [3.05, 3.63) is 59.7 Å². The first-order valence-electron chi connectivity index (χ1n) is 6.22. The molecule has 2 aromatic carbocycles. The molecule has 5 heteroatoms. The lowest BCUT2D eigenvalue weighted by Gasteiger charge is -2.19. The molecule has 20 heavy (non-hydrogen) atoms. The van der Waals surface area contributed by atoms with Gasteiger partial charge in [-0.15, -0.1) is 0 Å². The van der Waals surface area contributed by atoms with E-state index in [1.54, 1.807) is 12.1 Å². The third-order valence-corrected chi connectivity index (χ3v) is 5.06. The molecule has 0 spiro atoms. The second-order valence-corrected chi connectivity index (χ2v) is 6.67. The van der Waals surface area contributed by atoms with E-state index in [2.05, 4.69) is 0 Å². The molecule has 0 heterocycles. The molecule has 0 bridgehead atoms. The summed E-state index contributed by atoms with van der Waals surface area (Å²) in [6.07, 6.45) is 0. The van der Waals surface area contributed by atoms with Crippen LogP contribution in [-0.2, 0) is 16.6 Å². The van der Waals surface area contributed by atoms with Crippen molar-refractivity contribution in [3.63, 3.8) is 0 Å². The highest BCUT2D eigenvalue weighted by Crippen LogP contribution is 2.25. The maximum absolute atomic E-state index is 12.4.